The molecule has 0 amide bonds. The quantitative estimate of drug-likeness (QED) is 0.700. The van der Waals surface area contributed by atoms with Crippen LogP contribution < -0.4 is 9.47 Å². The molecule has 2 rings (SSSR count). The molecule has 0 atom stereocenters. The average molecular weight is 398 g/mol. The maximum Gasteiger partial charge on any atom is 0.218 e. The van der Waals surface area contributed by atoms with Gasteiger partial charge in [0.15, 0.2) is 0 Å². The summed E-state index contributed by atoms with van der Waals surface area (Å²) in [5, 5.41) is 9.54. The summed E-state index contributed by atoms with van der Waals surface area (Å²) in [4.78, 5) is -0.712. The molecule has 0 aliphatic heterocycles. The summed E-state index contributed by atoms with van der Waals surface area (Å²) in [6.45, 7) is 0. The normalized spacial score (nSPS) is 11.7. The lowest BCUT2D eigenvalue weighted by atomic mass is 10.2. The molecule has 0 saturated carbocycles. The summed E-state index contributed by atoms with van der Waals surface area (Å²) < 4.78 is 35.8. The first-order valence-corrected chi connectivity index (χ1v) is 9.10. The number of rotatable bonds is 5. The zero-order valence-corrected chi connectivity index (χ0v) is 15.6. The monoisotopic (exact) mass is 397 g/mol. The maximum atomic E-state index is 12.8. The molecule has 0 aliphatic carbocycles. The van der Waals surface area contributed by atoms with E-state index in [0.29, 0.717) is 17.1 Å². The Morgan fingerprint density at radius 3 is 2.20 bits per heavy atom. The summed E-state index contributed by atoms with van der Waals surface area (Å²) in [6.07, 6.45) is 1.22. The van der Waals surface area contributed by atoms with Crippen molar-refractivity contribution in [2.45, 2.75) is 4.90 Å². The number of nitriles is 1. The van der Waals surface area contributed by atoms with E-state index in [2.05, 4.69) is 0 Å². The molecule has 2 aromatic carbocycles. The largest absolute Gasteiger partial charge is 0.497 e. The van der Waals surface area contributed by atoms with Crippen molar-refractivity contribution in [1.29, 1.82) is 5.26 Å². The molecule has 0 spiro atoms. The van der Waals surface area contributed by atoms with E-state index in [1.807, 2.05) is 0 Å². The highest BCUT2D eigenvalue weighted by Gasteiger charge is 2.24. The van der Waals surface area contributed by atoms with Crippen molar-refractivity contribution in [3.63, 3.8) is 0 Å². The third kappa shape index (κ3) is 4.26. The second-order valence-corrected chi connectivity index (χ2v) is 7.57. The van der Waals surface area contributed by atoms with E-state index < -0.39 is 14.7 Å². The number of allylic oxidation sites excluding steroid dienone is 1. The van der Waals surface area contributed by atoms with Crippen LogP contribution in [0.4, 0.5) is 0 Å². The van der Waals surface area contributed by atoms with Crippen LogP contribution in [-0.4, -0.2) is 22.6 Å². The van der Waals surface area contributed by atoms with Crippen LogP contribution in [0.3, 0.4) is 0 Å². The average Bonchev–Trinajstić information content (AvgIpc) is 2.60. The predicted octanol–water partition coefficient (Wildman–Crippen LogP) is 4.35. The third-order valence-corrected chi connectivity index (χ3v) is 5.64. The molecule has 0 fully saturated rings. The number of hydrogen-bond donors (Lipinski definition) is 0. The molecule has 0 aromatic heterocycles. The summed E-state index contributed by atoms with van der Waals surface area (Å²) in [5.41, 5.74) is 0.425. The van der Waals surface area contributed by atoms with Crippen molar-refractivity contribution in [1.82, 2.24) is 0 Å². The van der Waals surface area contributed by atoms with Crippen LogP contribution >= 0.6 is 23.2 Å². The fourth-order valence-electron chi connectivity index (χ4n) is 2.04. The molecule has 0 saturated heterocycles. The first kappa shape index (κ1) is 19.1. The van der Waals surface area contributed by atoms with Gasteiger partial charge in [0.2, 0.25) is 9.84 Å². The van der Waals surface area contributed by atoms with Crippen LogP contribution in [-0.2, 0) is 9.84 Å². The van der Waals surface area contributed by atoms with E-state index in [9.17, 15) is 13.7 Å². The van der Waals surface area contributed by atoms with Crippen LogP contribution in [0, 0.1) is 11.3 Å². The van der Waals surface area contributed by atoms with Gasteiger partial charge in [0, 0.05) is 11.1 Å². The minimum absolute atomic E-state index is 0.0197. The molecule has 0 radical (unpaired) electrons. The zero-order valence-electron chi connectivity index (χ0n) is 13.3. The molecule has 25 heavy (non-hydrogen) atoms. The highest BCUT2D eigenvalue weighted by molar-refractivity contribution is 7.95. The fourth-order valence-corrected chi connectivity index (χ4v) is 3.95. The molecule has 0 unspecified atom stereocenters. The van der Waals surface area contributed by atoms with Gasteiger partial charge in [-0.15, -0.1) is 0 Å². The topological polar surface area (TPSA) is 76.4 Å². The van der Waals surface area contributed by atoms with Gasteiger partial charge in [-0.1, -0.05) is 23.2 Å². The number of halogens is 2. The van der Waals surface area contributed by atoms with Gasteiger partial charge >= 0.3 is 0 Å². The number of ether oxygens (including phenoxy) is 2. The van der Waals surface area contributed by atoms with E-state index in [0.717, 1.165) is 0 Å². The van der Waals surface area contributed by atoms with E-state index in [1.54, 1.807) is 24.3 Å². The van der Waals surface area contributed by atoms with Crippen molar-refractivity contribution in [3.05, 3.63) is 56.9 Å². The number of hydrogen-bond acceptors (Lipinski definition) is 5. The SMILES string of the molecule is COc1cc(/C=C(\C#N)S(=O)(=O)c2cc(Cl)ccc2Cl)cc(OC)c1. The number of sulfone groups is 1. The molecule has 2 aromatic rings. The molecule has 130 valence electrons. The second kappa shape index (κ2) is 7.79. The van der Waals surface area contributed by atoms with Crippen molar-refractivity contribution >= 4 is 39.1 Å². The Hall–Kier alpha value is -2.20. The van der Waals surface area contributed by atoms with E-state index in [-0.39, 0.29) is 14.9 Å². The van der Waals surface area contributed by atoms with Crippen molar-refractivity contribution < 1.29 is 17.9 Å². The van der Waals surface area contributed by atoms with E-state index in [4.69, 9.17) is 32.7 Å². The van der Waals surface area contributed by atoms with Crippen molar-refractivity contribution in [3.8, 4) is 17.6 Å². The molecule has 0 bridgehead atoms. The van der Waals surface area contributed by atoms with Crippen LogP contribution in [0.1, 0.15) is 5.56 Å². The third-order valence-electron chi connectivity index (χ3n) is 3.25. The fraction of sp³-hybridized carbons (Fsp3) is 0.118. The Labute approximate surface area is 155 Å². The van der Waals surface area contributed by atoms with E-state index >= 15 is 0 Å². The summed E-state index contributed by atoms with van der Waals surface area (Å²) in [7, 11) is -1.20. The standard InChI is InChI=1S/C17H13Cl2NO4S/c1-23-13-5-11(6-14(9-13)24-2)7-15(10-20)25(21,22)17-8-12(18)3-4-16(17)19/h3-9H,1-2H3/b15-7+. The first-order chi connectivity index (χ1) is 11.8. The van der Waals surface area contributed by atoms with Crippen molar-refractivity contribution in [2.75, 3.05) is 14.2 Å². The van der Waals surface area contributed by atoms with Gasteiger partial charge in [-0.2, -0.15) is 5.26 Å². The first-order valence-electron chi connectivity index (χ1n) is 6.87. The summed E-state index contributed by atoms with van der Waals surface area (Å²) >= 11 is 11.8. The Morgan fingerprint density at radius 1 is 1.08 bits per heavy atom. The Kier molecular flexibility index (Phi) is 5.96. The number of methoxy groups -OCH3 is 2. The zero-order chi connectivity index (χ0) is 18.6. The van der Waals surface area contributed by atoms with Gasteiger partial charge < -0.3 is 9.47 Å². The predicted molar refractivity (Wildman–Crippen MR) is 96.8 cm³/mol. The molecule has 0 aliphatic rings. The van der Waals surface area contributed by atoms with Crippen LogP contribution in [0.15, 0.2) is 46.2 Å². The lowest BCUT2D eigenvalue weighted by Gasteiger charge is -2.08. The summed E-state index contributed by atoms with van der Waals surface area (Å²) in [6, 6.07) is 10.5. The highest BCUT2D eigenvalue weighted by atomic mass is 35.5. The Morgan fingerprint density at radius 2 is 1.68 bits per heavy atom. The Bertz CT molecular complexity index is 956. The van der Waals surface area contributed by atoms with Gasteiger partial charge in [-0.3, -0.25) is 0 Å². The molecular formula is C17H13Cl2NO4S. The van der Waals surface area contributed by atoms with Crippen molar-refractivity contribution in [2.24, 2.45) is 0 Å². The molecular weight excluding hydrogens is 385 g/mol. The summed E-state index contributed by atoms with van der Waals surface area (Å²) in [5.74, 6) is 0.919. The second-order valence-electron chi connectivity index (χ2n) is 4.84. The van der Waals surface area contributed by atoms with Crippen LogP contribution in [0.2, 0.25) is 10.0 Å². The minimum Gasteiger partial charge on any atom is -0.497 e. The van der Waals surface area contributed by atoms with Gasteiger partial charge in [0.05, 0.1) is 24.1 Å². The number of benzene rings is 2. The molecule has 0 N–H and O–H groups in total. The number of nitrogens with zero attached hydrogens (tertiary/aromatic N) is 1. The molecule has 5 nitrogen and oxygen atoms in total. The maximum absolute atomic E-state index is 12.8. The molecule has 0 heterocycles. The van der Waals surface area contributed by atoms with Gasteiger partial charge in [-0.05, 0) is 42.0 Å². The van der Waals surface area contributed by atoms with Crippen LogP contribution in [0.5, 0.6) is 11.5 Å². The minimum atomic E-state index is -4.14. The van der Waals surface area contributed by atoms with E-state index in [1.165, 1.54) is 38.5 Å². The lowest BCUT2D eigenvalue weighted by molar-refractivity contribution is 0.394. The smallest absolute Gasteiger partial charge is 0.218 e. The lowest BCUT2D eigenvalue weighted by Crippen LogP contribution is -2.04. The highest BCUT2D eigenvalue weighted by Crippen LogP contribution is 2.31. The Balaban J connectivity index is 2.61. The molecule has 8 heteroatoms. The van der Waals surface area contributed by atoms with Gasteiger partial charge in [-0.25, -0.2) is 8.42 Å². The van der Waals surface area contributed by atoms with Crippen LogP contribution in [0.25, 0.3) is 6.08 Å². The van der Waals surface area contributed by atoms with Gasteiger partial charge in [0.1, 0.15) is 22.5 Å². The van der Waals surface area contributed by atoms with Gasteiger partial charge in [0.25, 0.3) is 0 Å².